The zero-order valence-electron chi connectivity index (χ0n) is 13.0. The molecule has 3 rings (SSSR count). The molecule has 0 spiro atoms. The number of nitro benzene ring substituents is 2. The normalized spacial score (nSPS) is 13.2. The SMILES string of the molecule is O=C1C=CC(=O)N1c1ccc(Nc2ccc([N+](=O)[O-])cc2[N+](=O)[O-])cc1. The van der Waals surface area contributed by atoms with Crippen molar-refractivity contribution in [3.63, 3.8) is 0 Å². The minimum atomic E-state index is -0.725. The summed E-state index contributed by atoms with van der Waals surface area (Å²) in [5.74, 6) is -0.913. The first-order valence-corrected chi connectivity index (χ1v) is 7.23. The van der Waals surface area contributed by atoms with Crippen molar-refractivity contribution in [2.75, 3.05) is 10.2 Å². The van der Waals surface area contributed by atoms with Crippen LogP contribution < -0.4 is 10.2 Å². The van der Waals surface area contributed by atoms with Crippen LogP contribution in [0.1, 0.15) is 0 Å². The summed E-state index contributed by atoms with van der Waals surface area (Å²) in [5.41, 5.74) is 0.0309. The molecule has 0 atom stereocenters. The topological polar surface area (TPSA) is 136 Å². The van der Waals surface area contributed by atoms with Gasteiger partial charge in [0.1, 0.15) is 5.69 Å². The van der Waals surface area contributed by atoms with Gasteiger partial charge in [-0.2, -0.15) is 0 Å². The summed E-state index contributed by atoms with van der Waals surface area (Å²) < 4.78 is 0. The monoisotopic (exact) mass is 354 g/mol. The van der Waals surface area contributed by atoms with Gasteiger partial charge in [0.2, 0.25) is 0 Å². The fourth-order valence-corrected chi connectivity index (χ4v) is 2.39. The van der Waals surface area contributed by atoms with E-state index in [1.807, 2.05) is 0 Å². The van der Waals surface area contributed by atoms with E-state index >= 15 is 0 Å². The third-order valence-electron chi connectivity index (χ3n) is 3.60. The molecule has 1 aliphatic rings. The molecule has 0 saturated heterocycles. The Morgan fingerprint density at radius 2 is 1.46 bits per heavy atom. The van der Waals surface area contributed by atoms with Gasteiger partial charge in [-0.1, -0.05) is 0 Å². The highest BCUT2D eigenvalue weighted by molar-refractivity contribution is 6.28. The third-order valence-corrected chi connectivity index (χ3v) is 3.60. The lowest BCUT2D eigenvalue weighted by molar-refractivity contribution is -0.393. The quantitative estimate of drug-likeness (QED) is 0.495. The molecular formula is C16H10N4O6. The Morgan fingerprint density at radius 1 is 0.846 bits per heavy atom. The van der Waals surface area contributed by atoms with E-state index in [1.54, 1.807) is 0 Å². The first-order valence-electron chi connectivity index (χ1n) is 7.23. The highest BCUT2D eigenvalue weighted by Gasteiger charge is 2.25. The lowest BCUT2D eigenvalue weighted by Crippen LogP contribution is -2.29. The van der Waals surface area contributed by atoms with Crippen LogP contribution in [0, 0.1) is 20.2 Å². The summed E-state index contributed by atoms with van der Waals surface area (Å²) >= 11 is 0. The first kappa shape index (κ1) is 16.8. The molecule has 2 aromatic rings. The maximum atomic E-state index is 11.6. The molecule has 0 saturated carbocycles. The minimum absolute atomic E-state index is 0.0725. The molecule has 0 radical (unpaired) electrons. The van der Waals surface area contributed by atoms with Crippen LogP contribution in [0.2, 0.25) is 0 Å². The smallest absolute Gasteiger partial charge is 0.299 e. The van der Waals surface area contributed by atoms with E-state index in [0.717, 1.165) is 29.2 Å². The van der Waals surface area contributed by atoms with E-state index < -0.39 is 33.0 Å². The van der Waals surface area contributed by atoms with Gasteiger partial charge in [-0.3, -0.25) is 29.8 Å². The Bertz CT molecular complexity index is 949. The molecule has 0 unspecified atom stereocenters. The molecule has 1 N–H and O–H groups in total. The molecule has 2 aromatic carbocycles. The minimum Gasteiger partial charge on any atom is -0.350 e. The van der Waals surface area contributed by atoms with Crippen LogP contribution in [0.25, 0.3) is 0 Å². The van der Waals surface area contributed by atoms with Crippen molar-refractivity contribution < 1.29 is 19.4 Å². The van der Waals surface area contributed by atoms with Crippen molar-refractivity contribution in [3.05, 3.63) is 74.8 Å². The largest absolute Gasteiger partial charge is 0.350 e. The Morgan fingerprint density at radius 3 is 2.00 bits per heavy atom. The summed E-state index contributed by atoms with van der Waals surface area (Å²) in [5, 5.41) is 24.7. The molecule has 0 fully saturated rings. The highest BCUT2D eigenvalue weighted by Crippen LogP contribution is 2.32. The number of hydrogen-bond donors (Lipinski definition) is 1. The predicted octanol–water partition coefficient (Wildman–Crippen LogP) is 2.68. The number of carbonyl (C=O) groups excluding carboxylic acids is 2. The van der Waals surface area contributed by atoms with Crippen LogP contribution in [0.15, 0.2) is 54.6 Å². The van der Waals surface area contributed by atoms with Gasteiger partial charge in [-0.15, -0.1) is 0 Å². The van der Waals surface area contributed by atoms with Gasteiger partial charge in [-0.05, 0) is 30.3 Å². The molecule has 10 nitrogen and oxygen atoms in total. The van der Waals surface area contributed by atoms with E-state index in [2.05, 4.69) is 5.32 Å². The Hall–Kier alpha value is -4.08. The second-order valence-electron chi connectivity index (χ2n) is 5.23. The average Bonchev–Trinajstić information content (AvgIpc) is 2.94. The molecule has 1 aliphatic heterocycles. The van der Waals surface area contributed by atoms with E-state index in [9.17, 15) is 29.8 Å². The molecule has 1 heterocycles. The van der Waals surface area contributed by atoms with Crippen LogP contribution in [0.4, 0.5) is 28.4 Å². The predicted molar refractivity (Wildman–Crippen MR) is 91.1 cm³/mol. The van der Waals surface area contributed by atoms with Crippen molar-refractivity contribution in [3.8, 4) is 0 Å². The lowest BCUT2D eigenvalue weighted by atomic mass is 10.2. The van der Waals surface area contributed by atoms with Crippen LogP contribution in [0.3, 0.4) is 0 Å². The summed E-state index contributed by atoms with van der Waals surface area (Å²) in [4.78, 5) is 44.7. The average molecular weight is 354 g/mol. The van der Waals surface area contributed by atoms with E-state index in [1.165, 1.54) is 30.3 Å². The van der Waals surface area contributed by atoms with Crippen LogP contribution in [0.5, 0.6) is 0 Å². The van der Waals surface area contributed by atoms with Gasteiger partial charge < -0.3 is 5.32 Å². The van der Waals surface area contributed by atoms with Crippen molar-refractivity contribution in [2.24, 2.45) is 0 Å². The maximum absolute atomic E-state index is 11.6. The fourth-order valence-electron chi connectivity index (χ4n) is 2.39. The molecule has 2 amide bonds. The number of benzene rings is 2. The Kier molecular flexibility index (Phi) is 4.15. The number of carbonyl (C=O) groups is 2. The van der Waals surface area contributed by atoms with Crippen LogP contribution in [-0.2, 0) is 9.59 Å². The van der Waals surface area contributed by atoms with Crippen LogP contribution in [-0.4, -0.2) is 21.7 Å². The maximum Gasteiger partial charge on any atom is 0.299 e. The van der Waals surface area contributed by atoms with E-state index in [4.69, 9.17) is 0 Å². The number of anilines is 3. The number of nitrogens with one attached hydrogen (secondary N) is 1. The first-order chi connectivity index (χ1) is 12.4. The number of imide groups is 1. The van der Waals surface area contributed by atoms with Gasteiger partial charge >= 0.3 is 0 Å². The molecule has 0 bridgehead atoms. The number of hydrogen-bond acceptors (Lipinski definition) is 7. The van der Waals surface area contributed by atoms with Gasteiger partial charge in [0, 0.05) is 23.9 Å². The van der Waals surface area contributed by atoms with Gasteiger partial charge in [0.05, 0.1) is 21.6 Å². The Labute approximate surface area is 145 Å². The molecule has 130 valence electrons. The fraction of sp³-hybridized carbons (Fsp3) is 0. The third kappa shape index (κ3) is 3.11. The number of nitrogens with zero attached hydrogens (tertiary/aromatic N) is 3. The summed E-state index contributed by atoms with van der Waals surface area (Å²) in [7, 11) is 0. The number of non-ortho nitro benzene ring substituents is 1. The van der Waals surface area contributed by atoms with Crippen LogP contribution >= 0.6 is 0 Å². The summed E-state index contributed by atoms with van der Waals surface area (Å²) in [6, 6.07) is 9.31. The molecule has 0 aliphatic carbocycles. The molecule has 0 aromatic heterocycles. The zero-order valence-corrected chi connectivity index (χ0v) is 13.0. The van der Waals surface area contributed by atoms with Gasteiger partial charge in [0.25, 0.3) is 23.2 Å². The van der Waals surface area contributed by atoms with E-state index in [-0.39, 0.29) is 5.69 Å². The van der Waals surface area contributed by atoms with E-state index in [0.29, 0.717) is 11.4 Å². The van der Waals surface area contributed by atoms with Crippen molar-refractivity contribution in [2.45, 2.75) is 0 Å². The van der Waals surface area contributed by atoms with Crippen molar-refractivity contribution >= 4 is 40.3 Å². The molecular weight excluding hydrogens is 344 g/mol. The molecule has 26 heavy (non-hydrogen) atoms. The summed E-state index contributed by atoms with van der Waals surface area (Å²) in [6.45, 7) is 0. The number of amides is 2. The van der Waals surface area contributed by atoms with Crippen molar-refractivity contribution in [1.82, 2.24) is 0 Å². The standard InChI is InChI=1S/C16H10N4O6/c21-15-7-8-16(22)18(15)11-3-1-10(2-4-11)17-13-6-5-12(19(23)24)9-14(13)20(25)26/h1-9,17H. The Balaban J connectivity index is 1.86. The summed E-state index contributed by atoms with van der Waals surface area (Å²) in [6.07, 6.45) is 2.32. The molecule has 10 heteroatoms. The lowest BCUT2D eigenvalue weighted by Gasteiger charge is -2.14. The second kappa shape index (κ2) is 6.43. The van der Waals surface area contributed by atoms with Gasteiger partial charge in [0.15, 0.2) is 0 Å². The highest BCUT2D eigenvalue weighted by atomic mass is 16.6. The zero-order chi connectivity index (χ0) is 18.8. The number of nitro groups is 2. The van der Waals surface area contributed by atoms with Crippen molar-refractivity contribution in [1.29, 1.82) is 0 Å². The second-order valence-corrected chi connectivity index (χ2v) is 5.23. The number of rotatable bonds is 5. The van der Waals surface area contributed by atoms with Gasteiger partial charge in [-0.25, -0.2) is 4.90 Å².